The quantitative estimate of drug-likeness (QED) is 0.583. The van der Waals surface area contributed by atoms with Crippen LogP contribution in [0, 0.1) is 0 Å². The van der Waals surface area contributed by atoms with Gasteiger partial charge in [-0.3, -0.25) is 14.4 Å². The number of aryl methyl sites for hydroxylation is 2. The molecule has 1 aliphatic rings. The van der Waals surface area contributed by atoms with Crippen molar-refractivity contribution in [3.8, 4) is 5.75 Å². The lowest BCUT2D eigenvalue weighted by atomic mass is 10.0. The van der Waals surface area contributed by atoms with Gasteiger partial charge in [0.15, 0.2) is 5.69 Å². The van der Waals surface area contributed by atoms with Crippen LogP contribution in [0.1, 0.15) is 32.3 Å². The average Bonchev–Trinajstić information content (AvgIpc) is 3.39. The molecule has 3 heterocycles. The summed E-state index contributed by atoms with van der Waals surface area (Å²) in [7, 11) is 5.23. The zero-order valence-corrected chi connectivity index (χ0v) is 18.5. The second-order valence-electron chi connectivity index (χ2n) is 7.68. The second kappa shape index (κ2) is 8.97. The fourth-order valence-electron chi connectivity index (χ4n) is 3.80. The Hall–Kier alpha value is -2.71. The Morgan fingerprint density at radius 2 is 2.07 bits per heavy atom. The molecule has 0 aliphatic carbocycles. The summed E-state index contributed by atoms with van der Waals surface area (Å²) in [5.74, 6) is 0.819. The van der Waals surface area contributed by atoms with E-state index in [0.29, 0.717) is 5.69 Å². The van der Waals surface area contributed by atoms with E-state index in [9.17, 15) is 4.79 Å². The van der Waals surface area contributed by atoms with Gasteiger partial charge in [-0.2, -0.15) is 5.10 Å². The Morgan fingerprint density at radius 1 is 1.27 bits per heavy atom. The number of hydrogen-bond donors (Lipinski definition) is 0. The Labute approximate surface area is 180 Å². The predicted octanol–water partition coefficient (Wildman–Crippen LogP) is 2.85. The molecule has 8 heteroatoms. The van der Waals surface area contributed by atoms with Gasteiger partial charge in [-0.1, -0.05) is 12.1 Å². The lowest BCUT2D eigenvalue weighted by Gasteiger charge is -2.27. The Morgan fingerprint density at radius 3 is 2.73 bits per heavy atom. The van der Waals surface area contributed by atoms with Crippen LogP contribution in [0.4, 0.5) is 0 Å². The summed E-state index contributed by atoms with van der Waals surface area (Å²) in [6, 6.07) is 8.11. The van der Waals surface area contributed by atoms with Gasteiger partial charge in [-0.05, 0) is 24.1 Å². The number of benzene rings is 1. The van der Waals surface area contributed by atoms with Crippen molar-refractivity contribution in [3.63, 3.8) is 0 Å². The first-order valence-electron chi connectivity index (χ1n) is 10.1. The first-order chi connectivity index (χ1) is 14.5. The summed E-state index contributed by atoms with van der Waals surface area (Å²) >= 11 is 1.67. The number of amides is 1. The van der Waals surface area contributed by atoms with Crippen LogP contribution in [0.2, 0.25) is 0 Å². The highest BCUT2D eigenvalue weighted by Gasteiger charge is 2.29. The van der Waals surface area contributed by atoms with Gasteiger partial charge < -0.3 is 9.64 Å². The molecule has 3 aromatic rings. The number of thiazole rings is 1. The van der Waals surface area contributed by atoms with Gasteiger partial charge in [0.2, 0.25) is 0 Å². The molecule has 0 saturated heterocycles. The Balaban J connectivity index is 1.55. The number of carbonyl (C=O) groups is 1. The minimum Gasteiger partial charge on any atom is -0.497 e. The SMILES string of the molecule is COc1ccc(CCn2nc(C(=O)N(C)C)c3c2CCN(Cc2nccs2)C3)cc1. The minimum atomic E-state index is -0.0365. The summed E-state index contributed by atoms with van der Waals surface area (Å²) in [6.07, 6.45) is 3.58. The van der Waals surface area contributed by atoms with Crippen LogP contribution in [0.25, 0.3) is 0 Å². The number of nitrogens with zero attached hydrogens (tertiary/aromatic N) is 5. The van der Waals surface area contributed by atoms with Crippen molar-refractivity contribution in [2.75, 3.05) is 27.7 Å². The number of carbonyl (C=O) groups excluding carboxylic acids is 1. The van der Waals surface area contributed by atoms with E-state index < -0.39 is 0 Å². The molecule has 0 fully saturated rings. The molecule has 4 rings (SSSR count). The molecule has 2 aromatic heterocycles. The average molecular weight is 426 g/mol. The van der Waals surface area contributed by atoms with E-state index in [0.717, 1.165) is 55.3 Å². The third kappa shape index (κ3) is 4.39. The summed E-state index contributed by atoms with van der Waals surface area (Å²) < 4.78 is 7.28. The molecule has 0 atom stereocenters. The third-order valence-corrected chi connectivity index (χ3v) is 6.20. The van der Waals surface area contributed by atoms with Gasteiger partial charge in [-0.25, -0.2) is 4.98 Å². The highest BCUT2D eigenvalue weighted by atomic mass is 32.1. The monoisotopic (exact) mass is 425 g/mol. The summed E-state index contributed by atoms with van der Waals surface area (Å²) in [5, 5.41) is 7.86. The molecular weight excluding hydrogens is 398 g/mol. The van der Waals surface area contributed by atoms with E-state index in [1.54, 1.807) is 37.4 Å². The Bertz CT molecular complexity index is 995. The molecular formula is C22H27N5O2S. The second-order valence-corrected chi connectivity index (χ2v) is 8.66. The maximum atomic E-state index is 12.8. The van der Waals surface area contributed by atoms with Crippen LogP contribution in [-0.4, -0.2) is 58.2 Å². The van der Waals surface area contributed by atoms with Crippen molar-refractivity contribution in [3.05, 3.63) is 63.4 Å². The molecule has 7 nitrogen and oxygen atoms in total. The van der Waals surface area contributed by atoms with E-state index >= 15 is 0 Å². The first-order valence-corrected chi connectivity index (χ1v) is 11.0. The molecule has 0 bridgehead atoms. The lowest BCUT2D eigenvalue weighted by molar-refractivity contribution is 0.0818. The predicted molar refractivity (Wildman–Crippen MR) is 117 cm³/mol. The van der Waals surface area contributed by atoms with Gasteiger partial charge >= 0.3 is 0 Å². The normalized spacial score (nSPS) is 13.8. The van der Waals surface area contributed by atoms with Crippen LogP contribution in [-0.2, 0) is 32.5 Å². The van der Waals surface area contributed by atoms with E-state index in [4.69, 9.17) is 9.84 Å². The highest BCUT2D eigenvalue weighted by molar-refractivity contribution is 7.09. The van der Waals surface area contributed by atoms with Crippen molar-refractivity contribution in [1.29, 1.82) is 0 Å². The van der Waals surface area contributed by atoms with E-state index in [1.807, 2.05) is 28.4 Å². The number of fused-ring (bicyclic) bond motifs is 1. The smallest absolute Gasteiger partial charge is 0.274 e. The fourth-order valence-corrected chi connectivity index (χ4v) is 4.46. The van der Waals surface area contributed by atoms with Crippen molar-refractivity contribution in [1.82, 2.24) is 24.6 Å². The largest absolute Gasteiger partial charge is 0.497 e. The van der Waals surface area contributed by atoms with Gasteiger partial charge in [0.1, 0.15) is 10.8 Å². The number of methoxy groups -OCH3 is 1. The molecule has 1 aromatic carbocycles. The van der Waals surface area contributed by atoms with E-state index in [1.165, 1.54) is 11.3 Å². The van der Waals surface area contributed by atoms with Crippen molar-refractivity contribution < 1.29 is 9.53 Å². The van der Waals surface area contributed by atoms with E-state index in [2.05, 4.69) is 22.0 Å². The van der Waals surface area contributed by atoms with Crippen LogP contribution in [0.3, 0.4) is 0 Å². The molecule has 1 aliphatic heterocycles. The molecule has 0 saturated carbocycles. The third-order valence-electron chi connectivity index (χ3n) is 5.44. The molecule has 1 amide bonds. The van der Waals surface area contributed by atoms with Crippen molar-refractivity contribution in [2.24, 2.45) is 0 Å². The van der Waals surface area contributed by atoms with Gasteiger partial charge in [0, 0.05) is 63.0 Å². The number of aromatic nitrogens is 3. The minimum absolute atomic E-state index is 0.0365. The highest BCUT2D eigenvalue weighted by Crippen LogP contribution is 2.25. The summed E-state index contributed by atoms with van der Waals surface area (Å²) in [5.41, 5.74) is 4.05. The first kappa shape index (κ1) is 20.6. The number of hydrogen-bond acceptors (Lipinski definition) is 6. The standard InChI is InChI=1S/C22H27N5O2S/c1-25(2)22(28)21-18-14-26(15-20-23-10-13-30-20)11-9-19(18)27(24-21)12-8-16-4-6-17(29-3)7-5-16/h4-7,10,13H,8-9,11-12,14-15H2,1-3H3. The topological polar surface area (TPSA) is 63.5 Å². The van der Waals surface area contributed by atoms with Crippen molar-refractivity contribution in [2.45, 2.75) is 32.5 Å². The molecule has 0 radical (unpaired) electrons. The summed E-state index contributed by atoms with van der Waals surface area (Å²) in [6.45, 7) is 3.23. The number of ether oxygens (including phenoxy) is 1. The van der Waals surface area contributed by atoms with Crippen LogP contribution < -0.4 is 4.74 Å². The summed E-state index contributed by atoms with van der Waals surface area (Å²) in [4.78, 5) is 21.2. The molecule has 0 unspecified atom stereocenters. The molecule has 0 spiro atoms. The molecule has 0 N–H and O–H groups in total. The van der Waals surface area contributed by atoms with Gasteiger partial charge in [0.05, 0.1) is 13.7 Å². The van der Waals surface area contributed by atoms with Crippen LogP contribution in [0.5, 0.6) is 5.75 Å². The van der Waals surface area contributed by atoms with Crippen LogP contribution >= 0.6 is 11.3 Å². The molecule has 158 valence electrons. The zero-order valence-electron chi connectivity index (χ0n) is 17.7. The maximum Gasteiger partial charge on any atom is 0.274 e. The molecule has 30 heavy (non-hydrogen) atoms. The fraction of sp³-hybridized carbons (Fsp3) is 0.409. The lowest BCUT2D eigenvalue weighted by Crippen LogP contribution is -2.32. The maximum absolute atomic E-state index is 12.8. The van der Waals surface area contributed by atoms with E-state index in [-0.39, 0.29) is 5.91 Å². The van der Waals surface area contributed by atoms with Crippen LogP contribution in [0.15, 0.2) is 35.8 Å². The Kier molecular flexibility index (Phi) is 6.15. The van der Waals surface area contributed by atoms with Crippen molar-refractivity contribution >= 4 is 17.2 Å². The van der Waals surface area contributed by atoms with Gasteiger partial charge in [0.25, 0.3) is 5.91 Å². The van der Waals surface area contributed by atoms with Gasteiger partial charge in [-0.15, -0.1) is 11.3 Å². The number of rotatable bonds is 7. The zero-order chi connectivity index (χ0) is 21.1.